The van der Waals surface area contributed by atoms with Crippen LogP contribution in [0.2, 0.25) is 5.02 Å². The van der Waals surface area contributed by atoms with Gasteiger partial charge < -0.3 is 15.3 Å². The van der Waals surface area contributed by atoms with E-state index in [1.807, 2.05) is 11.9 Å². The molecule has 2 N–H and O–H groups in total. The van der Waals surface area contributed by atoms with Crippen LogP contribution in [0, 0.1) is 0 Å². The Morgan fingerprint density at radius 2 is 2.47 bits per heavy atom. The highest BCUT2D eigenvalue weighted by Gasteiger charge is 2.21. The van der Waals surface area contributed by atoms with Crippen LogP contribution in [0.4, 0.5) is 5.69 Å². The van der Waals surface area contributed by atoms with Gasteiger partial charge in [-0.15, -0.1) is 0 Å². The van der Waals surface area contributed by atoms with Crippen molar-refractivity contribution in [3.05, 3.63) is 21.6 Å². The molecule has 1 aliphatic rings. The number of rotatable bonds is 4. The van der Waals surface area contributed by atoms with Crippen molar-refractivity contribution >= 4 is 17.3 Å². The van der Waals surface area contributed by atoms with Crippen LogP contribution in [0.5, 0.6) is 0 Å². The fourth-order valence-corrected chi connectivity index (χ4v) is 2.60. The number of hydrogen-bond donors (Lipinski definition) is 2. The first-order valence-electron chi connectivity index (χ1n) is 6.45. The Hall–Kier alpha value is -1.11. The third kappa shape index (κ3) is 3.08. The number of hydrogen-bond acceptors (Lipinski definition) is 5. The maximum absolute atomic E-state index is 12.0. The summed E-state index contributed by atoms with van der Waals surface area (Å²) in [6.45, 7) is 1.94. The first kappa shape index (κ1) is 14.3. The summed E-state index contributed by atoms with van der Waals surface area (Å²) in [5, 5.41) is 16.4. The molecule has 1 aliphatic heterocycles. The molecule has 1 aromatic heterocycles. The van der Waals surface area contributed by atoms with Crippen molar-refractivity contribution in [3.63, 3.8) is 0 Å². The lowest BCUT2D eigenvalue weighted by Crippen LogP contribution is -2.45. The van der Waals surface area contributed by atoms with Crippen molar-refractivity contribution < 1.29 is 5.11 Å². The molecule has 0 radical (unpaired) electrons. The van der Waals surface area contributed by atoms with E-state index in [0.717, 1.165) is 25.9 Å². The molecule has 1 fully saturated rings. The molecule has 7 heteroatoms. The first-order chi connectivity index (χ1) is 9.15. The molecule has 1 saturated heterocycles. The van der Waals surface area contributed by atoms with Gasteiger partial charge in [-0.05, 0) is 19.4 Å². The number of anilines is 1. The molecule has 106 valence electrons. The van der Waals surface area contributed by atoms with E-state index in [9.17, 15) is 4.79 Å². The Kier molecular flexibility index (Phi) is 4.79. The molecule has 6 nitrogen and oxygen atoms in total. The molecular formula is C12H19ClN4O2. The van der Waals surface area contributed by atoms with Crippen molar-refractivity contribution in [2.75, 3.05) is 31.6 Å². The lowest BCUT2D eigenvalue weighted by Gasteiger charge is -2.33. The van der Waals surface area contributed by atoms with E-state index in [-0.39, 0.29) is 23.7 Å². The van der Waals surface area contributed by atoms with Crippen LogP contribution in [0.15, 0.2) is 11.0 Å². The number of nitrogens with zero attached hydrogens (tertiary/aromatic N) is 3. The minimum atomic E-state index is -0.358. The van der Waals surface area contributed by atoms with Gasteiger partial charge >= 0.3 is 0 Å². The summed E-state index contributed by atoms with van der Waals surface area (Å²) in [7, 11) is 1.93. The van der Waals surface area contributed by atoms with Crippen LogP contribution < -0.4 is 15.8 Å². The Labute approximate surface area is 117 Å². The van der Waals surface area contributed by atoms with Crippen LogP contribution in [0.25, 0.3) is 0 Å². The zero-order valence-electron chi connectivity index (χ0n) is 11.0. The van der Waals surface area contributed by atoms with Crippen molar-refractivity contribution in [3.8, 4) is 0 Å². The molecule has 0 aliphatic carbocycles. The molecule has 0 aromatic carbocycles. The fraction of sp³-hybridized carbons (Fsp3) is 0.667. The summed E-state index contributed by atoms with van der Waals surface area (Å²) >= 11 is 6.13. The van der Waals surface area contributed by atoms with E-state index in [2.05, 4.69) is 10.4 Å². The van der Waals surface area contributed by atoms with E-state index in [4.69, 9.17) is 16.7 Å². The second-order valence-electron chi connectivity index (χ2n) is 4.71. The predicted molar refractivity (Wildman–Crippen MR) is 74.9 cm³/mol. The minimum absolute atomic E-state index is 0.134. The zero-order valence-corrected chi connectivity index (χ0v) is 11.7. The predicted octanol–water partition coefficient (Wildman–Crippen LogP) is 0.0772. The average Bonchev–Trinajstić information content (AvgIpc) is 2.45. The molecule has 1 atom stereocenters. The van der Waals surface area contributed by atoms with Gasteiger partial charge in [0.1, 0.15) is 5.02 Å². The topological polar surface area (TPSA) is 70.4 Å². The van der Waals surface area contributed by atoms with Gasteiger partial charge in [-0.3, -0.25) is 4.79 Å². The fourth-order valence-electron chi connectivity index (χ4n) is 2.32. The molecule has 1 unspecified atom stereocenters. The van der Waals surface area contributed by atoms with Gasteiger partial charge in [0.15, 0.2) is 0 Å². The molecule has 0 saturated carbocycles. The number of halogens is 1. The summed E-state index contributed by atoms with van der Waals surface area (Å²) in [4.78, 5) is 14.0. The Morgan fingerprint density at radius 3 is 3.11 bits per heavy atom. The maximum atomic E-state index is 12.0. The highest BCUT2D eigenvalue weighted by Crippen LogP contribution is 2.23. The number of aromatic nitrogens is 2. The van der Waals surface area contributed by atoms with E-state index < -0.39 is 0 Å². The van der Waals surface area contributed by atoms with Crippen molar-refractivity contribution in [1.29, 1.82) is 0 Å². The number of nitrogens with one attached hydrogen (secondary N) is 1. The summed E-state index contributed by atoms with van der Waals surface area (Å²) < 4.78 is 1.18. The number of piperidine rings is 1. The van der Waals surface area contributed by atoms with Crippen LogP contribution >= 0.6 is 11.6 Å². The summed E-state index contributed by atoms with van der Waals surface area (Å²) in [5.41, 5.74) is 0.290. The van der Waals surface area contributed by atoms with Crippen molar-refractivity contribution in [1.82, 2.24) is 15.1 Å². The van der Waals surface area contributed by atoms with Crippen molar-refractivity contribution in [2.24, 2.45) is 0 Å². The summed E-state index contributed by atoms with van der Waals surface area (Å²) in [6, 6.07) is 0.321. The van der Waals surface area contributed by atoms with Gasteiger partial charge in [0.25, 0.3) is 5.56 Å². The SMILES string of the molecule is CN(c1cnn(CCO)c(=O)c1Cl)C1CCCNC1. The van der Waals surface area contributed by atoms with E-state index in [0.29, 0.717) is 11.7 Å². The second kappa shape index (κ2) is 6.36. The van der Waals surface area contributed by atoms with Crippen LogP contribution in [-0.2, 0) is 6.54 Å². The Morgan fingerprint density at radius 1 is 1.68 bits per heavy atom. The largest absolute Gasteiger partial charge is 0.394 e. The molecular weight excluding hydrogens is 268 g/mol. The third-order valence-electron chi connectivity index (χ3n) is 3.48. The van der Waals surface area contributed by atoms with E-state index in [1.165, 1.54) is 4.68 Å². The minimum Gasteiger partial charge on any atom is -0.394 e. The lowest BCUT2D eigenvalue weighted by molar-refractivity contribution is 0.266. The molecule has 0 bridgehead atoms. The second-order valence-corrected chi connectivity index (χ2v) is 5.08. The normalized spacial score (nSPS) is 19.4. The van der Waals surface area contributed by atoms with Gasteiger partial charge in [-0.2, -0.15) is 5.10 Å². The summed E-state index contributed by atoms with van der Waals surface area (Å²) in [5.74, 6) is 0. The van der Waals surface area contributed by atoms with Gasteiger partial charge in [0, 0.05) is 19.6 Å². The van der Waals surface area contributed by atoms with Crippen LogP contribution in [-0.4, -0.2) is 47.7 Å². The monoisotopic (exact) mass is 286 g/mol. The number of aliphatic hydroxyl groups excluding tert-OH is 1. The maximum Gasteiger partial charge on any atom is 0.287 e. The standard InChI is InChI=1S/C12H19ClN4O2/c1-16(9-3-2-4-14-7-9)10-8-15-17(5-6-18)12(19)11(10)13/h8-9,14,18H,2-7H2,1H3. The quantitative estimate of drug-likeness (QED) is 0.820. The first-order valence-corrected chi connectivity index (χ1v) is 6.83. The third-order valence-corrected chi connectivity index (χ3v) is 3.83. The highest BCUT2D eigenvalue weighted by molar-refractivity contribution is 6.33. The molecule has 19 heavy (non-hydrogen) atoms. The Balaban J connectivity index is 2.24. The molecule has 2 heterocycles. The highest BCUT2D eigenvalue weighted by atomic mass is 35.5. The molecule has 0 spiro atoms. The van der Waals surface area contributed by atoms with Gasteiger partial charge in [0.05, 0.1) is 25.0 Å². The summed E-state index contributed by atoms with van der Waals surface area (Å²) in [6.07, 6.45) is 3.77. The zero-order chi connectivity index (χ0) is 13.8. The lowest BCUT2D eigenvalue weighted by atomic mass is 10.1. The van der Waals surface area contributed by atoms with Crippen LogP contribution in [0.1, 0.15) is 12.8 Å². The number of likely N-dealkylation sites (N-methyl/N-ethyl adjacent to an activating group) is 1. The smallest absolute Gasteiger partial charge is 0.287 e. The average molecular weight is 287 g/mol. The van der Waals surface area contributed by atoms with E-state index in [1.54, 1.807) is 6.20 Å². The Bertz CT molecular complexity index is 485. The van der Waals surface area contributed by atoms with Crippen molar-refractivity contribution in [2.45, 2.75) is 25.4 Å². The van der Waals surface area contributed by atoms with E-state index >= 15 is 0 Å². The van der Waals surface area contributed by atoms with Gasteiger partial charge in [-0.25, -0.2) is 4.68 Å². The van der Waals surface area contributed by atoms with Crippen LogP contribution in [0.3, 0.4) is 0 Å². The molecule has 2 rings (SSSR count). The number of aliphatic hydroxyl groups is 1. The molecule has 0 amide bonds. The van der Waals surface area contributed by atoms with Gasteiger partial charge in [0.2, 0.25) is 0 Å². The molecule has 1 aromatic rings. The van der Waals surface area contributed by atoms with Gasteiger partial charge in [-0.1, -0.05) is 11.6 Å².